The van der Waals surface area contributed by atoms with Crippen LogP contribution in [0.2, 0.25) is 0 Å². The summed E-state index contributed by atoms with van der Waals surface area (Å²) in [5.41, 5.74) is 7.47. The predicted octanol–water partition coefficient (Wildman–Crippen LogP) is 3.40. The third-order valence-electron chi connectivity index (χ3n) is 2.71. The van der Waals surface area contributed by atoms with E-state index in [1.54, 1.807) is 31.4 Å². The molecule has 0 fully saturated rings. The average molecular weight is 336 g/mol. The molecule has 0 aliphatic carbocycles. The van der Waals surface area contributed by atoms with E-state index in [0.29, 0.717) is 11.3 Å². The molecule has 2 aromatic carbocycles. The molecule has 0 aromatic heterocycles. The summed E-state index contributed by atoms with van der Waals surface area (Å²) < 4.78 is 11.2. The quantitative estimate of drug-likeness (QED) is 0.687. The number of ether oxygens (including phenoxy) is 2. The molecule has 2 aromatic rings. The molecule has 4 nitrogen and oxygen atoms in total. The zero-order valence-electron chi connectivity index (χ0n) is 10.9. The first-order valence-electron chi connectivity index (χ1n) is 5.95. The molecular weight excluding hydrogens is 322 g/mol. The summed E-state index contributed by atoms with van der Waals surface area (Å²) in [5, 5.41) is 0. The highest BCUT2D eigenvalue weighted by molar-refractivity contribution is 9.10. The summed E-state index contributed by atoms with van der Waals surface area (Å²) >= 11 is 3.39. The largest absolute Gasteiger partial charge is 0.496 e. The number of carbonyl (C=O) groups is 1. The van der Waals surface area contributed by atoms with Crippen LogP contribution >= 0.6 is 15.9 Å². The van der Waals surface area contributed by atoms with Gasteiger partial charge in [0.2, 0.25) is 0 Å². The summed E-state index contributed by atoms with van der Waals surface area (Å²) in [6, 6.07) is 12.2. The van der Waals surface area contributed by atoms with Crippen molar-refractivity contribution in [1.82, 2.24) is 0 Å². The fraction of sp³-hybridized carbons (Fsp3) is 0.133. The number of nitrogen functional groups attached to an aromatic ring is 1. The van der Waals surface area contributed by atoms with Gasteiger partial charge >= 0.3 is 5.97 Å². The number of carbonyl (C=O) groups excluding carboxylic acids is 1. The summed E-state index contributed by atoms with van der Waals surface area (Å²) in [6.45, 7) is 0.191. The van der Waals surface area contributed by atoms with Crippen LogP contribution in [-0.4, -0.2) is 13.1 Å². The molecular formula is C15H14BrNO3. The lowest BCUT2D eigenvalue weighted by Crippen LogP contribution is -2.05. The van der Waals surface area contributed by atoms with Crippen LogP contribution in [0.5, 0.6) is 5.75 Å². The smallest absolute Gasteiger partial charge is 0.338 e. The molecule has 0 heterocycles. The lowest BCUT2D eigenvalue weighted by atomic mass is 10.2. The van der Waals surface area contributed by atoms with Crippen molar-refractivity contribution in [3.8, 4) is 5.75 Å². The van der Waals surface area contributed by atoms with Gasteiger partial charge in [0.15, 0.2) is 0 Å². The molecule has 0 amide bonds. The van der Waals surface area contributed by atoms with E-state index in [0.717, 1.165) is 15.8 Å². The molecule has 0 spiro atoms. The van der Waals surface area contributed by atoms with Crippen LogP contribution in [0.1, 0.15) is 15.9 Å². The van der Waals surface area contributed by atoms with E-state index < -0.39 is 5.97 Å². The number of hydrogen-bond acceptors (Lipinski definition) is 4. The Bertz CT molecular complexity index is 628. The second-order valence-electron chi connectivity index (χ2n) is 4.17. The van der Waals surface area contributed by atoms with Crippen molar-refractivity contribution in [2.24, 2.45) is 0 Å². The number of methoxy groups -OCH3 is 1. The van der Waals surface area contributed by atoms with Crippen molar-refractivity contribution in [3.63, 3.8) is 0 Å². The molecule has 5 heteroatoms. The van der Waals surface area contributed by atoms with E-state index in [-0.39, 0.29) is 6.61 Å². The lowest BCUT2D eigenvalue weighted by molar-refractivity contribution is 0.0472. The van der Waals surface area contributed by atoms with Crippen LogP contribution in [0, 0.1) is 0 Å². The van der Waals surface area contributed by atoms with Crippen molar-refractivity contribution in [2.75, 3.05) is 12.8 Å². The maximum absolute atomic E-state index is 11.9. The molecule has 104 valence electrons. The molecule has 0 radical (unpaired) electrons. The fourth-order valence-corrected chi connectivity index (χ4v) is 2.29. The fourth-order valence-electron chi connectivity index (χ4n) is 1.70. The zero-order chi connectivity index (χ0) is 14.5. The summed E-state index contributed by atoms with van der Waals surface area (Å²) in [4.78, 5) is 11.9. The highest BCUT2D eigenvalue weighted by Gasteiger charge is 2.08. The third kappa shape index (κ3) is 3.51. The lowest BCUT2D eigenvalue weighted by Gasteiger charge is -2.08. The van der Waals surface area contributed by atoms with Gasteiger partial charge in [0.25, 0.3) is 0 Å². The molecule has 0 bridgehead atoms. The SMILES string of the molecule is COc1ccc(COC(=O)c2cccc(N)c2)cc1Br. The number of benzene rings is 2. The first-order valence-corrected chi connectivity index (χ1v) is 6.74. The van der Waals surface area contributed by atoms with Gasteiger partial charge in [0, 0.05) is 5.69 Å². The van der Waals surface area contributed by atoms with Crippen LogP contribution in [-0.2, 0) is 11.3 Å². The Morgan fingerprint density at radius 2 is 2.05 bits per heavy atom. The van der Waals surface area contributed by atoms with E-state index in [4.69, 9.17) is 15.2 Å². The summed E-state index contributed by atoms with van der Waals surface area (Å²) in [6.07, 6.45) is 0. The Hall–Kier alpha value is -2.01. The van der Waals surface area contributed by atoms with E-state index >= 15 is 0 Å². The molecule has 2 N–H and O–H groups in total. The number of anilines is 1. The second-order valence-corrected chi connectivity index (χ2v) is 5.02. The van der Waals surface area contributed by atoms with Crippen LogP contribution in [0.25, 0.3) is 0 Å². The number of nitrogens with two attached hydrogens (primary N) is 1. The number of halogens is 1. The normalized spacial score (nSPS) is 10.1. The minimum absolute atomic E-state index is 0.191. The second kappa shape index (κ2) is 6.43. The molecule has 0 aliphatic heterocycles. The van der Waals surface area contributed by atoms with E-state index in [1.165, 1.54) is 0 Å². The highest BCUT2D eigenvalue weighted by Crippen LogP contribution is 2.25. The van der Waals surface area contributed by atoms with Crippen molar-refractivity contribution >= 4 is 27.6 Å². The Kier molecular flexibility index (Phi) is 4.63. The molecule has 2 rings (SSSR count). The van der Waals surface area contributed by atoms with Crippen LogP contribution in [0.15, 0.2) is 46.9 Å². The van der Waals surface area contributed by atoms with Gasteiger partial charge in [0.05, 0.1) is 17.1 Å². The van der Waals surface area contributed by atoms with Crippen LogP contribution in [0.4, 0.5) is 5.69 Å². The van der Waals surface area contributed by atoms with Crippen molar-refractivity contribution < 1.29 is 14.3 Å². The van der Waals surface area contributed by atoms with E-state index in [9.17, 15) is 4.79 Å². The average Bonchev–Trinajstić information content (AvgIpc) is 2.45. The van der Waals surface area contributed by atoms with Gasteiger partial charge < -0.3 is 15.2 Å². The minimum Gasteiger partial charge on any atom is -0.496 e. The van der Waals surface area contributed by atoms with Crippen molar-refractivity contribution in [3.05, 3.63) is 58.1 Å². The number of hydrogen-bond donors (Lipinski definition) is 1. The van der Waals surface area contributed by atoms with Crippen LogP contribution in [0.3, 0.4) is 0 Å². The summed E-state index contributed by atoms with van der Waals surface area (Å²) in [7, 11) is 1.60. The van der Waals surface area contributed by atoms with Gasteiger partial charge in [-0.25, -0.2) is 4.79 Å². The molecule has 0 atom stereocenters. The minimum atomic E-state index is -0.399. The van der Waals surface area contributed by atoms with Crippen molar-refractivity contribution in [1.29, 1.82) is 0 Å². The first-order chi connectivity index (χ1) is 9.60. The van der Waals surface area contributed by atoms with Crippen molar-refractivity contribution in [2.45, 2.75) is 6.61 Å². The topological polar surface area (TPSA) is 61.5 Å². The van der Waals surface area contributed by atoms with E-state index in [2.05, 4.69) is 15.9 Å². The summed E-state index contributed by atoms with van der Waals surface area (Å²) in [5.74, 6) is 0.333. The Morgan fingerprint density at radius 3 is 2.70 bits per heavy atom. The number of rotatable bonds is 4. The van der Waals surface area contributed by atoms with Gasteiger partial charge in [-0.3, -0.25) is 0 Å². The molecule has 0 saturated carbocycles. The maximum atomic E-state index is 11.9. The van der Waals surface area contributed by atoms with Gasteiger partial charge in [-0.2, -0.15) is 0 Å². The molecule has 0 saturated heterocycles. The van der Waals surface area contributed by atoms with Gasteiger partial charge in [0.1, 0.15) is 12.4 Å². The molecule has 0 unspecified atom stereocenters. The van der Waals surface area contributed by atoms with Gasteiger partial charge in [-0.05, 0) is 51.8 Å². The third-order valence-corrected chi connectivity index (χ3v) is 3.33. The molecule has 0 aliphatic rings. The predicted molar refractivity (Wildman–Crippen MR) is 80.7 cm³/mol. The zero-order valence-corrected chi connectivity index (χ0v) is 12.5. The maximum Gasteiger partial charge on any atom is 0.338 e. The Labute approximate surface area is 125 Å². The Morgan fingerprint density at radius 1 is 1.25 bits per heavy atom. The highest BCUT2D eigenvalue weighted by atomic mass is 79.9. The first kappa shape index (κ1) is 14.4. The molecule has 20 heavy (non-hydrogen) atoms. The Balaban J connectivity index is 2.02. The van der Waals surface area contributed by atoms with Gasteiger partial charge in [-0.1, -0.05) is 12.1 Å². The number of esters is 1. The van der Waals surface area contributed by atoms with E-state index in [1.807, 2.05) is 18.2 Å². The van der Waals surface area contributed by atoms with Gasteiger partial charge in [-0.15, -0.1) is 0 Å². The monoisotopic (exact) mass is 335 g/mol. The standard InChI is InChI=1S/C15H14BrNO3/c1-19-14-6-5-10(7-13(14)16)9-20-15(18)11-3-2-4-12(17)8-11/h2-8H,9,17H2,1H3. The van der Waals surface area contributed by atoms with Crippen LogP contribution < -0.4 is 10.5 Å².